The standard InChI is InChI=1S/C15H21N/c1-12(6-5-11-16)7-9-14-10-8-13(2)15(14,3)4/h5-8,14H,9-10H2,1-4H3/b6-5+,12-7+. The molecule has 0 radical (unpaired) electrons. The fourth-order valence-corrected chi connectivity index (χ4v) is 2.15. The van der Waals surface area contributed by atoms with Crippen molar-refractivity contribution in [3.8, 4) is 6.07 Å². The van der Waals surface area contributed by atoms with E-state index in [1.165, 1.54) is 23.6 Å². The van der Waals surface area contributed by atoms with Crippen LogP contribution in [-0.2, 0) is 0 Å². The maximum absolute atomic E-state index is 8.44. The number of nitrogens with zero attached hydrogens (tertiary/aromatic N) is 1. The minimum absolute atomic E-state index is 0.329. The van der Waals surface area contributed by atoms with Crippen LogP contribution >= 0.6 is 0 Å². The van der Waals surface area contributed by atoms with Crippen LogP contribution in [0.5, 0.6) is 0 Å². The van der Waals surface area contributed by atoms with E-state index in [-0.39, 0.29) is 0 Å². The highest BCUT2D eigenvalue weighted by molar-refractivity contribution is 5.23. The fraction of sp³-hybridized carbons (Fsp3) is 0.533. The van der Waals surface area contributed by atoms with Gasteiger partial charge in [-0.25, -0.2) is 0 Å². The molecule has 0 aromatic carbocycles. The summed E-state index contributed by atoms with van der Waals surface area (Å²) in [6, 6.07) is 2.02. The van der Waals surface area contributed by atoms with E-state index >= 15 is 0 Å². The third-order valence-electron chi connectivity index (χ3n) is 3.89. The molecule has 1 aliphatic carbocycles. The number of hydrogen-bond acceptors (Lipinski definition) is 1. The van der Waals surface area contributed by atoms with Crippen molar-refractivity contribution < 1.29 is 0 Å². The van der Waals surface area contributed by atoms with Crippen LogP contribution in [0.2, 0.25) is 0 Å². The van der Waals surface area contributed by atoms with Crippen LogP contribution in [0.1, 0.15) is 40.5 Å². The monoisotopic (exact) mass is 215 g/mol. The summed E-state index contributed by atoms with van der Waals surface area (Å²) in [5.41, 5.74) is 3.02. The largest absolute Gasteiger partial charge is 0.193 e. The second-order valence-corrected chi connectivity index (χ2v) is 5.19. The van der Waals surface area contributed by atoms with Crippen molar-refractivity contribution in [2.45, 2.75) is 40.5 Å². The summed E-state index contributed by atoms with van der Waals surface area (Å²) in [7, 11) is 0. The van der Waals surface area contributed by atoms with Crippen molar-refractivity contribution in [3.05, 3.63) is 35.5 Å². The van der Waals surface area contributed by atoms with E-state index in [1.807, 2.05) is 12.1 Å². The lowest BCUT2D eigenvalue weighted by Crippen LogP contribution is -2.19. The molecule has 0 spiro atoms. The molecule has 1 heteroatoms. The number of rotatable bonds is 3. The van der Waals surface area contributed by atoms with Gasteiger partial charge in [0.1, 0.15) is 0 Å². The number of allylic oxidation sites excluding steroid dienone is 6. The molecule has 1 nitrogen and oxygen atoms in total. The molecule has 1 atom stereocenters. The Morgan fingerprint density at radius 2 is 2.31 bits per heavy atom. The molecule has 0 saturated heterocycles. The average Bonchev–Trinajstić information content (AvgIpc) is 2.49. The Morgan fingerprint density at radius 3 is 2.81 bits per heavy atom. The zero-order chi connectivity index (χ0) is 12.2. The van der Waals surface area contributed by atoms with E-state index in [4.69, 9.17) is 5.26 Å². The normalized spacial score (nSPS) is 24.6. The minimum atomic E-state index is 0.329. The van der Waals surface area contributed by atoms with Crippen LogP contribution in [0, 0.1) is 22.7 Å². The molecule has 0 aliphatic heterocycles. The molecule has 1 rings (SSSR count). The van der Waals surface area contributed by atoms with Gasteiger partial charge in [0, 0.05) is 6.08 Å². The van der Waals surface area contributed by atoms with Gasteiger partial charge in [-0.1, -0.05) is 37.1 Å². The van der Waals surface area contributed by atoms with Crippen molar-refractivity contribution in [2.24, 2.45) is 11.3 Å². The molecule has 0 saturated carbocycles. The highest BCUT2D eigenvalue weighted by Gasteiger charge is 2.33. The van der Waals surface area contributed by atoms with Gasteiger partial charge in [-0.2, -0.15) is 5.26 Å². The zero-order valence-corrected chi connectivity index (χ0v) is 10.7. The highest BCUT2D eigenvalue weighted by Crippen LogP contribution is 2.44. The van der Waals surface area contributed by atoms with E-state index in [0.29, 0.717) is 11.3 Å². The van der Waals surface area contributed by atoms with Gasteiger partial charge < -0.3 is 0 Å². The second kappa shape index (κ2) is 5.16. The lowest BCUT2D eigenvalue weighted by molar-refractivity contribution is 0.294. The molecular weight excluding hydrogens is 194 g/mol. The van der Waals surface area contributed by atoms with E-state index in [2.05, 4.69) is 39.8 Å². The quantitative estimate of drug-likeness (QED) is 0.389. The van der Waals surface area contributed by atoms with Gasteiger partial charge in [0.05, 0.1) is 6.07 Å². The molecule has 0 aromatic heterocycles. The summed E-state index contributed by atoms with van der Waals surface area (Å²) >= 11 is 0. The van der Waals surface area contributed by atoms with E-state index in [9.17, 15) is 0 Å². The summed E-state index contributed by atoms with van der Waals surface area (Å²) in [6.07, 6.45) is 10.3. The molecule has 0 amide bonds. The van der Waals surface area contributed by atoms with Gasteiger partial charge in [0.2, 0.25) is 0 Å². The lowest BCUT2D eigenvalue weighted by Gasteiger charge is -2.29. The van der Waals surface area contributed by atoms with Crippen LogP contribution in [0.15, 0.2) is 35.5 Å². The zero-order valence-electron chi connectivity index (χ0n) is 10.7. The Hall–Kier alpha value is -1.29. The topological polar surface area (TPSA) is 23.8 Å². The summed E-state index contributed by atoms with van der Waals surface area (Å²) in [6.45, 7) is 8.93. The molecule has 0 heterocycles. The Morgan fingerprint density at radius 1 is 1.62 bits per heavy atom. The maximum Gasteiger partial charge on any atom is 0.0912 e. The average molecular weight is 215 g/mol. The SMILES string of the molecule is CC1=CCC(C/C=C(C)/C=C/C#N)C1(C)C. The van der Waals surface area contributed by atoms with E-state index in [0.717, 1.165) is 6.42 Å². The van der Waals surface area contributed by atoms with E-state index in [1.54, 1.807) is 0 Å². The Balaban J connectivity index is 2.59. The minimum Gasteiger partial charge on any atom is -0.193 e. The van der Waals surface area contributed by atoms with Crippen LogP contribution in [0.25, 0.3) is 0 Å². The summed E-state index contributed by atoms with van der Waals surface area (Å²) in [4.78, 5) is 0. The predicted octanol–water partition coefficient (Wildman–Crippen LogP) is 4.39. The molecule has 86 valence electrons. The van der Waals surface area contributed by atoms with Gasteiger partial charge in [0.25, 0.3) is 0 Å². The van der Waals surface area contributed by atoms with Crippen LogP contribution < -0.4 is 0 Å². The smallest absolute Gasteiger partial charge is 0.0912 e. The van der Waals surface area contributed by atoms with E-state index < -0.39 is 0 Å². The van der Waals surface area contributed by atoms with Crippen molar-refractivity contribution in [1.29, 1.82) is 5.26 Å². The van der Waals surface area contributed by atoms with Crippen molar-refractivity contribution in [3.63, 3.8) is 0 Å². The summed E-state index contributed by atoms with van der Waals surface area (Å²) in [5.74, 6) is 0.706. The fourth-order valence-electron chi connectivity index (χ4n) is 2.15. The Kier molecular flexibility index (Phi) is 4.12. The van der Waals surface area contributed by atoms with Crippen molar-refractivity contribution in [2.75, 3.05) is 0 Å². The maximum atomic E-state index is 8.44. The second-order valence-electron chi connectivity index (χ2n) is 5.19. The first-order chi connectivity index (χ1) is 7.48. The summed E-state index contributed by atoms with van der Waals surface area (Å²) < 4.78 is 0. The van der Waals surface area contributed by atoms with Crippen LogP contribution in [0.4, 0.5) is 0 Å². The van der Waals surface area contributed by atoms with Gasteiger partial charge in [-0.05, 0) is 44.1 Å². The number of nitriles is 1. The Bertz CT molecular complexity index is 375. The molecule has 16 heavy (non-hydrogen) atoms. The molecule has 0 bridgehead atoms. The molecular formula is C15H21N. The number of hydrogen-bond donors (Lipinski definition) is 0. The third kappa shape index (κ3) is 2.85. The van der Waals surface area contributed by atoms with Gasteiger partial charge in [-0.3, -0.25) is 0 Å². The van der Waals surface area contributed by atoms with Gasteiger partial charge >= 0.3 is 0 Å². The van der Waals surface area contributed by atoms with Gasteiger partial charge in [0.15, 0.2) is 0 Å². The molecule has 1 aliphatic rings. The first-order valence-corrected chi connectivity index (χ1v) is 5.88. The predicted molar refractivity (Wildman–Crippen MR) is 68.8 cm³/mol. The molecule has 0 aromatic rings. The molecule has 0 N–H and O–H groups in total. The van der Waals surface area contributed by atoms with Crippen molar-refractivity contribution in [1.82, 2.24) is 0 Å². The third-order valence-corrected chi connectivity index (χ3v) is 3.89. The summed E-state index contributed by atoms with van der Waals surface area (Å²) in [5, 5.41) is 8.44. The van der Waals surface area contributed by atoms with Gasteiger partial charge in [-0.15, -0.1) is 0 Å². The van der Waals surface area contributed by atoms with Crippen LogP contribution in [-0.4, -0.2) is 0 Å². The first-order valence-electron chi connectivity index (χ1n) is 5.88. The highest BCUT2D eigenvalue weighted by atomic mass is 14.4. The lowest BCUT2D eigenvalue weighted by atomic mass is 9.76. The van der Waals surface area contributed by atoms with Crippen molar-refractivity contribution >= 4 is 0 Å². The van der Waals surface area contributed by atoms with Crippen LogP contribution in [0.3, 0.4) is 0 Å². The molecule has 1 unspecified atom stereocenters. The first kappa shape index (κ1) is 12.8. The molecule has 0 fully saturated rings. The Labute approximate surface area is 99.2 Å².